The van der Waals surface area contributed by atoms with Gasteiger partial charge in [-0.05, 0) is 0 Å². The Hall–Kier alpha value is 1.50. The van der Waals surface area contributed by atoms with E-state index in [1.807, 2.05) is 0 Å². The van der Waals surface area contributed by atoms with Gasteiger partial charge < -0.3 is 0 Å². The average Bonchev–Trinajstić information content (AvgIpc) is 0.722. The Morgan fingerprint density at radius 3 is 1.17 bits per heavy atom. The van der Waals surface area contributed by atoms with Gasteiger partial charge in [0.15, 0.2) is 0 Å². The van der Waals surface area contributed by atoms with Gasteiger partial charge in [0, 0.05) is 37.7 Å². The first kappa shape index (κ1) is 10.5. The quantitative estimate of drug-likeness (QED) is 0.360. The van der Waals surface area contributed by atoms with Crippen molar-refractivity contribution in [2.45, 2.75) is 0 Å². The van der Waals surface area contributed by atoms with Crippen LogP contribution in [0.4, 0.5) is 0 Å². The zero-order chi connectivity index (χ0) is 4.50. The van der Waals surface area contributed by atoms with E-state index in [9.17, 15) is 0 Å². The molecule has 0 saturated heterocycles. The van der Waals surface area contributed by atoms with E-state index in [1.165, 1.54) is 0 Å². The molecule has 0 aromatic carbocycles. The summed E-state index contributed by atoms with van der Waals surface area (Å²) < 4.78 is 30.7. The van der Waals surface area contributed by atoms with Crippen LogP contribution in [0.1, 0.15) is 0 Å². The molecule has 0 spiro atoms. The summed E-state index contributed by atoms with van der Waals surface area (Å²) in [5, 5.41) is 0. The summed E-state index contributed by atoms with van der Waals surface area (Å²) in [7, 11) is 0. The van der Waals surface area contributed by atoms with Gasteiger partial charge in [0.2, 0.25) is 0 Å². The van der Waals surface area contributed by atoms with Crippen LogP contribution >= 0.6 is 0 Å². The van der Waals surface area contributed by atoms with Gasteiger partial charge in [-0.1, -0.05) is 0 Å². The van der Waals surface area contributed by atoms with E-state index >= 15 is 0 Å². The van der Waals surface area contributed by atoms with E-state index < -0.39 is 14.5 Å². The molecule has 0 unspecified atom stereocenters. The molecule has 0 fully saturated rings. The first-order chi connectivity index (χ1) is 2.00. The summed E-state index contributed by atoms with van der Waals surface area (Å²) in [4.78, 5) is 0. The molecule has 6 heavy (non-hydrogen) atoms. The van der Waals surface area contributed by atoms with Crippen LogP contribution in [-0.2, 0) is 3.74 Å². The van der Waals surface area contributed by atoms with Crippen LogP contribution in [0.2, 0.25) is 0 Å². The van der Waals surface area contributed by atoms with Crippen LogP contribution in [0.15, 0.2) is 0 Å². The molecule has 0 rings (SSSR count). The van der Waals surface area contributed by atoms with Crippen molar-refractivity contribution in [2.24, 2.45) is 0 Å². The second kappa shape index (κ2) is 3.49. The fourth-order valence-electron chi connectivity index (χ4n) is 0. The SMILES string of the molecule is O=[As](O)(O)O.[Ca]. The van der Waals surface area contributed by atoms with Crippen LogP contribution in [0.25, 0.3) is 0 Å². The molecule has 0 aromatic heterocycles. The van der Waals surface area contributed by atoms with Crippen LogP contribution in [-0.4, -0.2) is 64.5 Å². The van der Waals surface area contributed by atoms with Crippen molar-refractivity contribution in [1.29, 1.82) is 0 Å². The molecule has 34 valence electrons. The molecule has 4 nitrogen and oxygen atoms in total. The van der Waals surface area contributed by atoms with Gasteiger partial charge in [-0.15, -0.1) is 0 Å². The normalized spacial score (nSPS) is 9.83. The minimum Gasteiger partial charge on any atom is 0 e. The summed E-state index contributed by atoms with van der Waals surface area (Å²) in [5.74, 6) is 0. The molecule has 0 saturated carbocycles. The topological polar surface area (TPSA) is 77.8 Å². The maximum Gasteiger partial charge on any atom is 0 e. The number of rotatable bonds is 0. The van der Waals surface area contributed by atoms with E-state index in [2.05, 4.69) is 0 Å². The van der Waals surface area contributed by atoms with E-state index in [0.717, 1.165) is 0 Å². The standard InChI is InChI=1S/AsH3O4.Ca/c2-1(3,4)5;/h(H3,2,3,4,5);. The Morgan fingerprint density at radius 1 is 1.17 bits per heavy atom. The van der Waals surface area contributed by atoms with Gasteiger partial charge in [0.05, 0.1) is 0 Å². The molecule has 6 heteroatoms. The van der Waals surface area contributed by atoms with Crippen LogP contribution in [0.5, 0.6) is 0 Å². The van der Waals surface area contributed by atoms with E-state index in [-0.39, 0.29) is 37.7 Å². The van der Waals surface area contributed by atoms with Gasteiger partial charge in [-0.3, -0.25) is 0 Å². The van der Waals surface area contributed by atoms with Crippen LogP contribution in [0.3, 0.4) is 0 Å². The van der Waals surface area contributed by atoms with E-state index in [0.29, 0.717) is 0 Å². The summed E-state index contributed by atoms with van der Waals surface area (Å²) in [6, 6.07) is 0. The smallest absolute Gasteiger partial charge is 0 e. The average molecular weight is 182 g/mol. The van der Waals surface area contributed by atoms with E-state index in [1.54, 1.807) is 0 Å². The van der Waals surface area contributed by atoms with Gasteiger partial charge in [-0.25, -0.2) is 0 Å². The second-order valence-corrected chi connectivity index (χ2v) is 2.67. The third-order valence-electron chi connectivity index (χ3n) is 0. The Kier molecular flexibility index (Phi) is 6.10. The number of hydrogen-bond donors (Lipinski definition) is 3. The molecule has 0 aliphatic carbocycles. The predicted molar refractivity (Wildman–Crippen MR) is 18.9 cm³/mol. The van der Waals surface area contributed by atoms with Gasteiger partial charge in [-0.2, -0.15) is 0 Å². The minimum absolute atomic E-state index is 0. The van der Waals surface area contributed by atoms with Crippen molar-refractivity contribution >= 4 is 52.3 Å². The molecular weight excluding hydrogens is 179 g/mol. The monoisotopic (exact) mass is 182 g/mol. The molecule has 0 heterocycles. The third-order valence-corrected chi connectivity index (χ3v) is 0. The zero-order valence-corrected chi connectivity index (χ0v) is 6.99. The first-order valence-electron chi connectivity index (χ1n) is 0.783. The maximum absolute atomic E-state index is 8.94. The minimum atomic E-state index is -5.12. The Balaban J connectivity index is 0. The molecule has 3 N–H and O–H groups in total. The molecule has 0 aliphatic rings. The van der Waals surface area contributed by atoms with Crippen molar-refractivity contribution < 1.29 is 16.0 Å². The van der Waals surface area contributed by atoms with Gasteiger partial charge in [0.25, 0.3) is 0 Å². The molecular formula is H3AsCaO4. The Labute approximate surface area is 67.5 Å². The van der Waals surface area contributed by atoms with Crippen molar-refractivity contribution in [3.63, 3.8) is 0 Å². The zero-order valence-electron chi connectivity index (χ0n) is 2.90. The Morgan fingerprint density at radius 2 is 1.17 bits per heavy atom. The van der Waals surface area contributed by atoms with Crippen LogP contribution < -0.4 is 0 Å². The second-order valence-electron chi connectivity index (χ2n) is 0.513. The van der Waals surface area contributed by atoms with E-state index in [4.69, 9.17) is 16.0 Å². The molecule has 0 atom stereocenters. The van der Waals surface area contributed by atoms with Gasteiger partial charge >= 0.3 is 30.5 Å². The maximum atomic E-state index is 8.94. The van der Waals surface area contributed by atoms with Crippen LogP contribution in [0, 0.1) is 0 Å². The Bertz CT molecular complexity index is 53.7. The largest absolute Gasteiger partial charge is 0 e. The summed E-state index contributed by atoms with van der Waals surface area (Å²) in [6.45, 7) is 0. The molecule has 0 amide bonds. The first-order valence-corrected chi connectivity index (χ1v) is 4.07. The van der Waals surface area contributed by atoms with Crippen molar-refractivity contribution in [3.05, 3.63) is 0 Å². The summed E-state index contributed by atoms with van der Waals surface area (Å²) in [5.41, 5.74) is 0. The predicted octanol–water partition coefficient (Wildman–Crippen LogP) is -2.55. The fraction of sp³-hybridized carbons (Fsp3) is 0. The molecule has 0 bridgehead atoms. The fourth-order valence-corrected chi connectivity index (χ4v) is 0. The molecule has 0 aromatic rings. The van der Waals surface area contributed by atoms with Crippen molar-refractivity contribution in [1.82, 2.24) is 0 Å². The third kappa shape index (κ3) is 49.6. The molecule has 2 radical (unpaired) electrons. The van der Waals surface area contributed by atoms with Crippen molar-refractivity contribution in [3.8, 4) is 0 Å². The van der Waals surface area contributed by atoms with Crippen molar-refractivity contribution in [2.75, 3.05) is 0 Å². The summed E-state index contributed by atoms with van der Waals surface area (Å²) >= 11 is -5.12. The van der Waals surface area contributed by atoms with Gasteiger partial charge in [0.1, 0.15) is 0 Å². The molecule has 0 aliphatic heterocycles. The summed E-state index contributed by atoms with van der Waals surface area (Å²) in [6.07, 6.45) is 0. The number of hydrogen-bond acceptors (Lipinski definition) is 1.